The van der Waals surface area contributed by atoms with E-state index in [-0.39, 0.29) is 29.6 Å². The molecule has 5 heteroatoms. The van der Waals surface area contributed by atoms with Crippen LogP contribution in [0.3, 0.4) is 0 Å². The molecule has 0 saturated heterocycles. The maximum atomic E-state index is 10.8. The summed E-state index contributed by atoms with van der Waals surface area (Å²) in [5.74, 6) is -1.10. The molecule has 13 heavy (non-hydrogen) atoms. The summed E-state index contributed by atoms with van der Waals surface area (Å²) in [7, 11) is 3.23. The summed E-state index contributed by atoms with van der Waals surface area (Å²) >= 11 is 0. The first-order valence-corrected chi connectivity index (χ1v) is 4.22. The fraction of sp³-hybridized carbons (Fsp3) is 0.875. The van der Waals surface area contributed by atoms with Crippen molar-refractivity contribution in [2.45, 2.75) is 31.8 Å². The molecule has 0 radical (unpaired) electrons. The second-order valence-electron chi connectivity index (χ2n) is 2.80. The number of carboxylic acid groups (broad SMARTS) is 1. The number of carbonyl (C=O) groups is 1. The molecular formula is C8H17N2NaO2. The number of carboxylic acids is 1. The first kappa shape index (κ1) is 15.8. The first-order chi connectivity index (χ1) is 5.63. The maximum Gasteiger partial charge on any atom is 1.00 e. The SMILES string of the molecule is CCCCC(NC)(NC)C(=O)[O-].[Na+]. The van der Waals surface area contributed by atoms with Gasteiger partial charge < -0.3 is 9.90 Å². The zero-order chi connectivity index (χ0) is 9.61. The maximum absolute atomic E-state index is 10.8. The van der Waals surface area contributed by atoms with Crippen molar-refractivity contribution >= 4 is 5.97 Å². The van der Waals surface area contributed by atoms with Crippen molar-refractivity contribution in [2.24, 2.45) is 0 Å². The summed E-state index contributed by atoms with van der Waals surface area (Å²) in [6, 6.07) is 0. The van der Waals surface area contributed by atoms with Gasteiger partial charge >= 0.3 is 29.6 Å². The number of aliphatic carboxylic acids is 1. The Labute approximate surface area is 102 Å². The van der Waals surface area contributed by atoms with Crippen molar-refractivity contribution < 1.29 is 39.5 Å². The largest absolute Gasteiger partial charge is 1.00 e. The average molecular weight is 196 g/mol. The van der Waals surface area contributed by atoms with Crippen LogP contribution in [0, 0.1) is 0 Å². The van der Waals surface area contributed by atoms with Gasteiger partial charge in [0.05, 0.1) is 5.97 Å². The standard InChI is InChI=1S/C8H18N2O2.Na/c1-4-5-6-8(9-2,10-3)7(11)12;/h9-10H,4-6H2,1-3H3,(H,11,12);/q;+1/p-1. The molecule has 0 bridgehead atoms. The Morgan fingerprint density at radius 2 is 1.85 bits per heavy atom. The fourth-order valence-corrected chi connectivity index (χ4v) is 1.12. The fourth-order valence-electron chi connectivity index (χ4n) is 1.12. The van der Waals surface area contributed by atoms with Crippen LogP contribution >= 0.6 is 0 Å². The molecule has 0 saturated carbocycles. The number of hydrogen-bond acceptors (Lipinski definition) is 4. The second-order valence-corrected chi connectivity index (χ2v) is 2.80. The van der Waals surface area contributed by atoms with Crippen LogP contribution in [0.15, 0.2) is 0 Å². The van der Waals surface area contributed by atoms with Crippen LogP contribution < -0.4 is 45.3 Å². The van der Waals surface area contributed by atoms with Crippen LogP contribution in [0.1, 0.15) is 26.2 Å². The Hall–Kier alpha value is 0.390. The molecule has 0 aromatic rings. The van der Waals surface area contributed by atoms with E-state index in [4.69, 9.17) is 0 Å². The molecule has 0 aliphatic heterocycles. The minimum absolute atomic E-state index is 0. The summed E-state index contributed by atoms with van der Waals surface area (Å²) in [6.45, 7) is 2.02. The number of rotatable bonds is 6. The second kappa shape index (κ2) is 7.76. The molecule has 0 aliphatic carbocycles. The molecule has 0 atom stereocenters. The number of likely N-dealkylation sites (N-methyl/N-ethyl adjacent to an activating group) is 2. The minimum atomic E-state index is -1.10. The average Bonchev–Trinajstić information content (AvgIpc) is 2.07. The summed E-state index contributed by atoms with van der Waals surface area (Å²) in [5.41, 5.74) is -1.06. The molecule has 0 aromatic carbocycles. The van der Waals surface area contributed by atoms with Gasteiger partial charge in [0.15, 0.2) is 0 Å². The third kappa shape index (κ3) is 4.42. The van der Waals surface area contributed by atoms with Crippen molar-refractivity contribution in [3.8, 4) is 0 Å². The van der Waals surface area contributed by atoms with Crippen LogP contribution in [0.4, 0.5) is 0 Å². The van der Waals surface area contributed by atoms with E-state index < -0.39 is 11.6 Å². The molecule has 0 spiro atoms. The molecule has 2 N–H and O–H groups in total. The Morgan fingerprint density at radius 3 is 2.08 bits per heavy atom. The van der Waals surface area contributed by atoms with Crippen molar-refractivity contribution in [2.75, 3.05) is 14.1 Å². The van der Waals surface area contributed by atoms with Gasteiger partial charge in [-0.25, -0.2) is 0 Å². The number of nitrogens with one attached hydrogen (secondary N) is 2. The van der Waals surface area contributed by atoms with E-state index in [0.717, 1.165) is 12.8 Å². The van der Waals surface area contributed by atoms with Gasteiger partial charge in [-0.2, -0.15) is 0 Å². The number of unbranched alkanes of at least 4 members (excludes halogenated alkanes) is 1. The van der Waals surface area contributed by atoms with Gasteiger partial charge in [-0.05, 0) is 20.5 Å². The molecule has 72 valence electrons. The van der Waals surface area contributed by atoms with E-state index >= 15 is 0 Å². The van der Waals surface area contributed by atoms with Gasteiger partial charge in [-0.3, -0.25) is 10.6 Å². The Morgan fingerprint density at radius 1 is 1.38 bits per heavy atom. The van der Waals surface area contributed by atoms with E-state index in [9.17, 15) is 9.90 Å². The van der Waals surface area contributed by atoms with Crippen LogP contribution in [-0.2, 0) is 4.79 Å². The van der Waals surface area contributed by atoms with Crippen molar-refractivity contribution in [3.05, 3.63) is 0 Å². The third-order valence-corrected chi connectivity index (χ3v) is 2.11. The van der Waals surface area contributed by atoms with Gasteiger partial charge in [0.2, 0.25) is 0 Å². The zero-order valence-corrected chi connectivity index (χ0v) is 10.9. The third-order valence-electron chi connectivity index (χ3n) is 2.11. The smallest absolute Gasteiger partial charge is 0.547 e. The van der Waals surface area contributed by atoms with E-state index in [2.05, 4.69) is 10.6 Å². The normalized spacial score (nSPS) is 10.7. The Balaban J connectivity index is 0. The molecule has 0 unspecified atom stereocenters. The first-order valence-electron chi connectivity index (χ1n) is 4.22. The Bertz CT molecular complexity index is 149. The van der Waals surface area contributed by atoms with Crippen LogP contribution in [0.2, 0.25) is 0 Å². The zero-order valence-electron chi connectivity index (χ0n) is 8.94. The molecular weight excluding hydrogens is 179 g/mol. The van der Waals surface area contributed by atoms with Crippen LogP contribution in [0.5, 0.6) is 0 Å². The van der Waals surface area contributed by atoms with E-state index in [1.165, 1.54) is 0 Å². The quantitative estimate of drug-likeness (QED) is 0.336. The van der Waals surface area contributed by atoms with Gasteiger partial charge in [-0.1, -0.05) is 19.8 Å². The predicted octanol–water partition coefficient (Wildman–Crippen LogP) is -3.93. The molecule has 0 aliphatic rings. The molecule has 0 aromatic heterocycles. The van der Waals surface area contributed by atoms with Gasteiger partial charge in [0, 0.05) is 0 Å². The van der Waals surface area contributed by atoms with Gasteiger partial charge in [0.25, 0.3) is 0 Å². The van der Waals surface area contributed by atoms with Crippen LogP contribution in [-0.4, -0.2) is 25.7 Å². The van der Waals surface area contributed by atoms with Gasteiger partial charge in [0.1, 0.15) is 5.66 Å². The molecule has 0 amide bonds. The number of carbonyl (C=O) groups excluding carboxylic acids is 1. The van der Waals surface area contributed by atoms with Crippen LogP contribution in [0.25, 0.3) is 0 Å². The minimum Gasteiger partial charge on any atom is -0.547 e. The van der Waals surface area contributed by atoms with Crippen molar-refractivity contribution in [3.63, 3.8) is 0 Å². The molecule has 0 heterocycles. The summed E-state index contributed by atoms with van der Waals surface area (Å²) in [5, 5.41) is 16.2. The van der Waals surface area contributed by atoms with Crippen molar-refractivity contribution in [1.82, 2.24) is 10.6 Å². The van der Waals surface area contributed by atoms with Gasteiger partial charge in [-0.15, -0.1) is 0 Å². The number of hydrogen-bond donors (Lipinski definition) is 2. The van der Waals surface area contributed by atoms with Crippen molar-refractivity contribution in [1.29, 1.82) is 0 Å². The molecule has 0 fully saturated rings. The molecule has 4 nitrogen and oxygen atoms in total. The Kier molecular flexibility index (Phi) is 9.46. The monoisotopic (exact) mass is 196 g/mol. The molecule has 0 rings (SSSR count). The summed E-state index contributed by atoms with van der Waals surface area (Å²) in [4.78, 5) is 10.8. The summed E-state index contributed by atoms with van der Waals surface area (Å²) in [6.07, 6.45) is 2.37. The summed E-state index contributed by atoms with van der Waals surface area (Å²) < 4.78 is 0. The topological polar surface area (TPSA) is 64.2 Å². The van der Waals surface area contributed by atoms with E-state index in [1.54, 1.807) is 14.1 Å². The van der Waals surface area contributed by atoms with E-state index in [0.29, 0.717) is 6.42 Å². The predicted molar refractivity (Wildman–Crippen MR) is 45.4 cm³/mol. The van der Waals surface area contributed by atoms with E-state index in [1.807, 2.05) is 6.92 Å².